The van der Waals surface area contributed by atoms with Gasteiger partial charge in [-0.1, -0.05) is 63.2 Å². The number of hydrogen-bond acceptors (Lipinski definition) is 5. The highest BCUT2D eigenvalue weighted by molar-refractivity contribution is 5.99. The van der Waals surface area contributed by atoms with Crippen molar-refractivity contribution in [3.63, 3.8) is 0 Å². The summed E-state index contributed by atoms with van der Waals surface area (Å²) in [7, 11) is 0. The lowest BCUT2D eigenvalue weighted by molar-refractivity contribution is -0.144. The Bertz CT molecular complexity index is 1120. The maximum absolute atomic E-state index is 14.1. The number of nitrogens with one attached hydrogen (secondary N) is 2. The minimum absolute atomic E-state index is 0.372. The second kappa shape index (κ2) is 14.8. The third kappa shape index (κ3) is 9.66. The van der Waals surface area contributed by atoms with E-state index in [0.29, 0.717) is 23.6 Å². The summed E-state index contributed by atoms with van der Waals surface area (Å²) < 4.78 is 5.34. The predicted octanol–water partition coefficient (Wildman–Crippen LogP) is 5.78. The quantitative estimate of drug-likeness (QED) is 0.309. The summed E-state index contributed by atoms with van der Waals surface area (Å²) in [6.07, 6.45) is 1.48. The molecule has 0 saturated carbocycles. The van der Waals surface area contributed by atoms with Crippen LogP contribution in [0.25, 0.3) is 0 Å². The van der Waals surface area contributed by atoms with Crippen molar-refractivity contribution in [1.29, 1.82) is 0 Å². The van der Waals surface area contributed by atoms with E-state index in [1.807, 2.05) is 62.4 Å². The molecule has 0 aromatic heterocycles. The zero-order valence-electron chi connectivity index (χ0n) is 25.3. The summed E-state index contributed by atoms with van der Waals surface area (Å²) in [5, 5.41) is 15.7. The first-order valence-corrected chi connectivity index (χ1v) is 14.1. The Hall–Kier alpha value is -3.39. The Morgan fingerprint density at radius 1 is 0.975 bits per heavy atom. The Kier molecular flexibility index (Phi) is 12.2. The highest BCUT2D eigenvalue weighted by Gasteiger charge is 2.39. The highest BCUT2D eigenvalue weighted by Crippen LogP contribution is 2.29. The van der Waals surface area contributed by atoms with E-state index in [4.69, 9.17) is 4.74 Å². The van der Waals surface area contributed by atoms with E-state index in [2.05, 4.69) is 31.4 Å². The first-order chi connectivity index (χ1) is 18.8. The molecule has 2 rings (SSSR count). The molecule has 2 aromatic rings. The summed E-state index contributed by atoms with van der Waals surface area (Å²) in [4.78, 5) is 42.3. The van der Waals surface area contributed by atoms with Crippen LogP contribution in [-0.4, -0.2) is 52.2 Å². The van der Waals surface area contributed by atoms with Gasteiger partial charge in [0, 0.05) is 11.7 Å². The van der Waals surface area contributed by atoms with Crippen LogP contribution in [-0.2, 0) is 20.7 Å². The number of para-hydroxylation sites is 1. The average molecular weight is 554 g/mol. The van der Waals surface area contributed by atoms with E-state index in [1.54, 1.807) is 20.8 Å². The standard InChI is InChI=1S/C32H47N3O5/c1-9-24-16-18-25(19-17-24)28(29(37)33-26-13-11-10-12-22(26)4)35(23(5)15-14-21(2)3)30(38)27(20-36)34-31(39)40-32(6,7)8/h10-13,16-19,21,23,27-28,36H,9,14-15,20H2,1-8H3,(H,33,37)(H,34,39). The van der Waals surface area contributed by atoms with Gasteiger partial charge in [0.15, 0.2) is 0 Å². The smallest absolute Gasteiger partial charge is 0.408 e. The Morgan fingerprint density at radius 3 is 2.12 bits per heavy atom. The van der Waals surface area contributed by atoms with Crippen molar-refractivity contribution in [3.05, 3.63) is 65.2 Å². The molecule has 40 heavy (non-hydrogen) atoms. The maximum atomic E-state index is 14.1. The van der Waals surface area contributed by atoms with Crippen molar-refractivity contribution in [3.8, 4) is 0 Å². The lowest BCUT2D eigenvalue weighted by Crippen LogP contribution is -2.56. The molecule has 0 aliphatic rings. The number of hydrogen-bond donors (Lipinski definition) is 3. The van der Waals surface area contributed by atoms with Gasteiger partial charge in [-0.25, -0.2) is 4.79 Å². The molecule has 0 heterocycles. The molecule has 8 heteroatoms. The monoisotopic (exact) mass is 553 g/mol. The summed E-state index contributed by atoms with van der Waals surface area (Å²) in [5.74, 6) is -0.553. The average Bonchev–Trinajstić information content (AvgIpc) is 2.88. The van der Waals surface area contributed by atoms with E-state index in [1.165, 1.54) is 4.90 Å². The zero-order valence-corrected chi connectivity index (χ0v) is 25.3. The summed E-state index contributed by atoms with van der Waals surface area (Å²) in [6.45, 7) is 14.6. The number of carbonyl (C=O) groups excluding carboxylic acids is 3. The van der Waals surface area contributed by atoms with Crippen molar-refractivity contribution >= 4 is 23.6 Å². The van der Waals surface area contributed by atoms with Crippen molar-refractivity contribution in [2.75, 3.05) is 11.9 Å². The molecular formula is C32H47N3O5. The van der Waals surface area contributed by atoms with Gasteiger partial charge in [-0.3, -0.25) is 9.59 Å². The van der Waals surface area contributed by atoms with Gasteiger partial charge in [0.1, 0.15) is 17.7 Å². The SMILES string of the molecule is CCc1ccc(C(C(=O)Nc2ccccc2C)N(C(=O)C(CO)NC(=O)OC(C)(C)C)C(C)CCC(C)C)cc1. The van der Waals surface area contributed by atoms with E-state index < -0.39 is 36.3 Å². The number of nitrogens with zero attached hydrogens (tertiary/aromatic N) is 1. The van der Waals surface area contributed by atoms with Gasteiger partial charge in [-0.2, -0.15) is 0 Å². The van der Waals surface area contributed by atoms with Gasteiger partial charge in [-0.15, -0.1) is 0 Å². The molecular weight excluding hydrogens is 506 g/mol. The van der Waals surface area contributed by atoms with Gasteiger partial charge in [0.25, 0.3) is 5.91 Å². The molecule has 0 fully saturated rings. The van der Waals surface area contributed by atoms with Crippen molar-refractivity contribution < 1.29 is 24.2 Å². The molecule has 0 spiro atoms. The molecule has 3 N–H and O–H groups in total. The minimum atomic E-state index is -1.29. The molecule has 0 aliphatic carbocycles. The van der Waals surface area contributed by atoms with E-state index >= 15 is 0 Å². The zero-order chi connectivity index (χ0) is 30.0. The largest absolute Gasteiger partial charge is 0.444 e. The lowest BCUT2D eigenvalue weighted by atomic mass is 9.96. The molecule has 220 valence electrons. The van der Waals surface area contributed by atoms with Crippen molar-refractivity contribution in [2.24, 2.45) is 5.92 Å². The number of carbonyl (C=O) groups is 3. The number of benzene rings is 2. The summed E-state index contributed by atoms with van der Waals surface area (Å²) in [5.41, 5.74) is 2.50. The van der Waals surface area contributed by atoms with Gasteiger partial charge in [0.2, 0.25) is 5.91 Å². The second-order valence-electron chi connectivity index (χ2n) is 11.7. The molecule has 3 atom stereocenters. The lowest BCUT2D eigenvalue weighted by Gasteiger charge is -2.38. The topological polar surface area (TPSA) is 108 Å². The van der Waals surface area contributed by atoms with Crippen molar-refractivity contribution in [1.82, 2.24) is 10.2 Å². The van der Waals surface area contributed by atoms with E-state index in [9.17, 15) is 19.5 Å². The number of aliphatic hydroxyl groups excluding tert-OH is 1. The van der Waals surface area contributed by atoms with Crippen LogP contribution in [0.15, 0.2) is 48.5 Å². The number of rotatable bonds is 12. The maximum Gasteiger partial charge on any atom is 0.408 e. The first kappa shape index (κ1) is 32.8. The van der Waals surface area contributed by atoms with Crippen LogP contribution in [0.4, 0.5) is 10.5 Å². The van der Waals surface area contributed by atoms with Gasteiger partial charge in [0.05, 0.1) is 6.61 Å². The number of anilines is 1. The fraction of sp³-hybridized carbons (Fsp3) is 0.531. The van der Waals surface area contributed by atoms with Crippen molar-refractivity contribution in [2.45, 2.75) is 98.4 Å². The molecule has 2 aromatic carbocycles. The second-order valence-corrected chi connectivity index (χ2v) is 11.7. The van der Waals surface area contributed by atoms with Crippen LogP contribution < -0.4 is 10.6 Å². The fourth-order valence-electron chi connectivity index (χ4n) is 4.42. The molecule has 3 unspecified atom stereocenters. The van der Waals surface area contributed by atoms with Crippen LogP contribution in [0.5, 0.6) is 0 Å². The van der Waals surface area contributed by atoms with Crippen LogP contribution in [0.1, 0.15) is 84.0 Å². The molecule has 8 nitrogen and oxygen atoms in total. The number of amides is 3. The van der Waals surface area contributed by atoms with Crippen LogP contribution >= 0.6 is 0 Å². The Balaban J connectivity index is 2.58. The van der Waals surface area contributed by atoms with Crippen LogP contribution in [0, 0.1) is 12.8 Å². The number of ether oxygens (including phenoxy) is 1. The van der Waals surface area contributed by atoms with Gasteiger partial charge in [-0.05, 0) is 82.6 Å². The highest BCUT2D eigenvalue weighted by atomic mass is 16.6. The fourth-order valence-corrected chi connectivity index (χ4v) is 4.42. The van der Waals surface area contributed by atoms with Crippen LogP contribution in [0.3, 0.4) is 0 Å². The first-order valence-electron chi connectivity index (χ1n) is 14.1. The summed E-state index contributed by atoms with van der Waals surface area (Å²) in [6, 6.07) is 12.4. The van der Waals surface area contributed by atoms with Crippen LogP contribution in [0.2, 0.25) is 0 Å². The number of alkyl carbamates (subject to hydrolysis) is 1. The van der Waals surface area contributed by atoms with Gasteiger partial charge < -0.3 is 25.4 Å². The number of aliphatic hydroxyl groups is 1. The van der Waals surface area contributed by atoms with E-state index in [0.717, 1.165) is 24.0 Å². The van der Waals surface area contributed by atoms with Gasteiger partial charge >= 0.3 is 6.09 Å². The summed E-state index contributed by atoms with van der Waals surface area (Å²) >= 11 is 0. The molecule has 3 amide bonds. The third-order valence-electron chi connectivity index (χ3n) is 6.70. The third-order valence-corrected chi connectivity index (χ3v) is 6.70. The Labute approximate surface area is 239 Å². The molecule has 0 bridgehead atoms. The predicted molar refractivity (Wildman–Crippen MR) is 159 cm³/mol. The molecule has 0 saturated heterocycles. The number of aryl methyl sites for hydroxylation is 2. The molecule has 0 aliphatic heterocycles. The normalized spacial score (nSPS) is 13.8. The Morgan fingerprint density at radius 2 is 1.60 bits per heavy atom. The molecule has 0 radical (unpaired) electrons. The van der Waals surface area contributed by atoms with E-state index in [-0.39, 0.29) is 11.9 Å². The minimum Gasteiger partial charge on any atom is -0.444 e.